The lowest BCUT2D eigenvalue weighted by atomic mass is 10.2. The van der Waals surface area contributed by atoms with Crippen LogP contribution < -0.4 is 14.9 Å². The van der Waals surface area contributed by atoms with Gasteiger partial charge in [0.25, 0.3) is 5.69 Å². The van der Waals surface area contributed by atoms with E-state index in [1.54, 1.807) is 48.7 Å². The van der Waals surface area contributed by atoms with E-state index in [-0.39, 0.29) is 17.0 Å². The van der Waals surface area contributed by atoms with Crippen LogP contribution in [0.15, 0.2) is 71.8 Å². The van der Waals surface area contributed by atoms with Crippen molar-refractivity contribution in [2.45, 2.75) is 0 Å². The maximum Gasteiger partial charge on any atom is 0.343 e. The monoisotopic (exact) mass is 425 g/mol. The number of anilines is 1. The van der Waals surface area contributed by atoms with Gasteiger partial charge in [0.2, 0.25) is 0 Å². The Balaban J connectivity index is 1.71. The van der Waals surface area contributed by atoms with Crippen LogP contribution in [-0.2, 0) is 0 Å². The Bertz CT molecular complexity index is 1100. The Kier molecular flexibility index (Phi) is 6.61. The molecule has 0 saturated heterocycles. The van der Waals surface area contributed by atoms with Gasteiger partial charge in [0.15, 0.2) is 11.5 Å². The van der Waals surface area contributed by atoms with E-state index in [2.05, 4.69) is 10.5 Å². The quantitative estimate of drug-likeness (QED) is 0.189. The van der Waals surface area contributed by atoms with Crippen LogP contribution in [0.2, 0.25) is 5.02 Å². The standard InChI is InChI=1S/C21H16ClN3O5/c1-29-20-11-14(13-23-24-17-8-6-16(22)7-9-17)5-10-19(20)30-21(26)15-3-2-4-18(12-15)25(27)28/h2-13,24H,1H3. The zero-order valence-electron chi connectivity index (χ0n) is 15.7. The number of ether oxygens (including phenoxy) is 2. The number of rotatable bonds is 7. The number of hydrazone groups is 1. The lowest BCUT2D eigenvalue weighted by Crippen LogP contribution is -2.09. The molecule has 0 bridgehead atoms. The molecule has 0 fully saturated rings. The van der Waals surface area contributed by atoms with Gasteiger partial charge < -0.3 is 9.47 Å². The molecule has 3 rings (SSSR count). The van der Waals surface area contributed by atoms with Gasteiger partial charge >= 0.3 is 5.97 Å². The second-order valence-electron chi connectivity index (χ2n) is 5.98. The third kappa shape index (κ3) is 5.33. The van der Waals surface area contributed by atoms with Crippen LogP contribution in [-0.4, -0.2) is 24.2 Å². The third-order valence-electron chi connectivity index (χ3n) is 3.93. The van der Waals surface area contributed by atoms with Gasteiger partial charge in [-0.1, -0.05) is 17.7 Å². The molecule has 0 aromatic heterocycles. The van der Waals surface area contributed by atoms with E-state index in [1.807, 2.05) is 0 Å². The van der Waals surface area contributed by atoms with Gasteiger partial charge in [-0.15, -0.1) is 0 Å². The van der Waals surface area contributed by atoms with Gasteiger partial charge in [-0.05, 0) is 54.1 Å². The van der Waals surface area contributed by atoms with Gasteiger partial charge in [-0.2, -0.15) is 5.10 Å². The summed E-state index contributed by atoms with van der Waals surface area (Å²) in [6, 6.07) is 17.2. The van der Waals surface area contributed by atoms with Gasteiger partial charge in [0.1, 0.15) is 0 Å². The molecule has 0 spiro atoms. The van der Waals surface area contributed by atoms with Gasteiger partial charge in [-0.25, -0.2) is 4.79 Å². The van der Waals surface area contributed by atoms with E-state index >= 15 is 0 Å². The summed E-state index contributed by atoms with van der Waals surface area (Å²) in [4.78, 5) is 22.6. The highest BCUT2D eigenvalue weighted by atomic mass is 35.5. The number of benzene rings is 3. The van der Waals surface area contributed by atoms with Crippen molar-refractivity contribution < 1.29 is 19.2 Å². The zero-order valence-corrected chi connectivity index (χ0v) is 16.5. The van der Waals surface area contributed by atoms with Crippen LogP contribution in [0.1, 0.15) is 15.9 Å². The summed E-state index contributed by atoms with van der Waals surface area (Å²) >= 11 is 5.84. The minimum atomic E-state index is -0.733. The number of nitro groups is 1. The fourth-order valence-electron chi connectivity index (χ4n) is 2.46. The number of hydrogen-bond acceptors (Lipinski definition) is 7. The first-order chi connectivity index (χ1) is 14.5. The van der Waals surface area contributed by atoms with Crippen molar-refractivity contribution in [2.24, 2.45) is 5.10 Å². The lowest BCUT2D eigenvalue weighted by Gasteiger charge is -2.10. The highest BCUT2D eigenvalue weighted by Crippen LogP contribution is 2.29. The fraction of sp³-hybridized carbons (Fsp3) is 0.0476. The summed E-state index contributed by atoms with van der Waals surface area (Å²) < 4.78 is 10.6. The molecule has 0 radical (unpaired) electrons. The van der Waals surface area contributed by atoms with E-state index in [4.69, 9.17) is 21.1 Å². The highest BCUT2D eigenvalue weighted by Gasteiger charge is 2.15. The zero-order chi connectivity index (χ0) is 21.5. The van der Waals surface area contributed by atoms with Crippen molar-refractivity contribution in [1.82, 2.24) is 0 Å². The number of nitrogens with one attached hydrogen (secondary N) is 1. The SMILES string of the molecule is COc1cc(C=NNc2ccc(Cl)cc2)ccc1OC(=O)c1cccc([N+](=O)[O-])c1. The largest absolute Gasteiger partial charge is 0.493 e. The number of methoxy groups -OCH3 is 1. The minimum absolute atomic E-state index is 0.0593. The number of nitrogens with zero attached hydrogens (tertiary/aromatic N) is 2. The van der Waals surface area contributed by atoms with E-state index in [0.717, 1.165) is 11.8 Å². The summed E-state index contributed by atoms with van der Waals surface area (Å²) in [6.45, 7) is 0. The van der Waals surface area contributed by atoms with Gasteiger partial charge in [0.05, 0.1) is 29.5 Å². The second kappa shape index (κ2) is 9.53. The Labute approximate surface area is 176 Å². The van der Waals surface area contributed by atoms with E-state index in [1.165, 1.54) is 25.3 Å². The molecule has 0 aliphatic heterocycles. The number of halogens is 1. The van der Waals surface area contributed by atoms with Crippen molar-refractivity contribution in [3.8, 4) is 11.5 Å². The van der Waals surface area contributed by atoms with Crippen LogP contribution >= 0.6 is 11.6 Å². The number of non-ortho nitro benzene ring substituents is 1. The molecule has 0 saturated carbocycles. The minimum Gasteiger partial charge on any atom is -0.493 e. The van der Waals surface area contributed by atoms with Crippen molar-refractivity contribution in [3.05, 3.63) is 93.0 Å². The summed E-state index contributed by atoms with van der Waals surface area (Å²) in [7, 11) is 1.44. The number of carbonyl (C=O) groups excluding carboxylic acids is 1. The van der Waals surface area contributed by atoms with Crippen LogP contribution in [0.25, 0.3) is 0 Å². The smallest absolute Gasteiger partial charge is 0.343 e. The summed E-state index contributed by atoms with van der Waals surface area (Å²) in [5.41, 5.74) is 4.20. The molecular formula is C21H16ClN3O5. The van der Waals surface area contributed by atoms with E-state index in [9.17, 15) is 14.9 Å². The van der Waals surface area contributed by atoms with Crippen molar-refractivity contribution in [1.29, 1.82) is 0 Å². The first-order valence-corrected chi connectivity index (χ1v) is 9.03. The molecule has 0 heterocycles. The van der Waals surface area contributed by atoms with Gasteiger partial charge in [-0.3, -0.25) is 15.5 Å². The Hall–Kier alpha value is -3.91. The molecular weight excluding hydrogens is 410 g/mol. The van der Waals surface area contributed by atoms with E-state index < -0.39 is 10.9 Å². The third-order valence-corrected chi connectivity index (χ3v) is 4.19. The molecule has 152 valence electrons. The molecule has 0 atom stereocenters. The van der Waals surface area contributed by atoms with Crippen molar-refractivity contribution in [3.63, 3.8) is 0 Å². The summed E-state index contributed by atoms with van der Waals surface area (Å²) in [5.74, 6) is -0.246. The molecule has 3 aromatic rings. The summed E-state index contributed by atoms with van der Waals surface area (Å²) in [5, 5.41) is 15.6. The Morgan fingerprint density at radius 2 is 1.87 bits per heavy atom. The first kappa shape index (κ1) is 20.8. The highest BCUT2D eigenvalue weighted by molar-refractivity contribution is 6.30. The first-order valence-electron chi connectivity index (χ1n) is 8.65. The van der Waals surface area contributed by atoms with Crippen molar-refractivity contribution in [2.75, 3.05) is 12.5 Å². The molecule has 0 aliphatic carbocycles. The molecule has 0 aliphatic rings. The predicted molar refractivity (Wildman–Crippen MR) is 114 cm³/mol. The number of carbonyl (C=O) groups is 1. The molecule has 0 unspecified atom stereocenters. The topological polar surface area (TPSA) is 103 Å². The Morgan fingerprint density at radius 3 is 2.57 bits per heavy atom. The molecule has 30 heavy (non-hydrogen) atoms. The average molecular weight is 426 g/mol. The van der Waals surface area contributed by atoms with E-state index in [0.29, 0.717) is 16.3 Å². The number of nitro benzene ring substituents is 1. The molecule has 8 nitrogen and oxygen atoms in total. The van der Waals surface area contributed by atoms with Crippen LogP contribution in [0.3, 0.4) is 0 Å². The number of hydrogen-bond donors (Lipinski definition) is 1. The fourth-order valence-corrected chi connectivity index (χ4v) is 2.59. The van der Waals surface area contributed by atoms with Crippen LogP contribution in [0, 0.1) is 10.1 Å². The molecule has 9 heteroatoms. The predicted octanol–water partition coefficient (Wildman–Crippen LogP) is 4.92. The van der Waals surface area contributed by atoms with Crippen LogP contribution in [0.5, 0.6) is 11.5 Å². The summed E-state index contributed by atoms with van der Waals surface area (Å²) in [6.07, 6.45) is 1.57. The lowest BCUT2D eigenvalue weighted by molar-refractivity contribution is -0.384. The molecule has 1 N–H and O–H groups in total. The van der Waals surface area contributed by atoms with Crippen LogP contribution in [0.4, 0.5) is 11.4 Å². The molecule has 0 amide bonds. The molecule has 3 aromatic carbocycles. The van der Waals surface area contributed by atoms with Crippen molar-refractivity contribution >= 4 is 35.2 Å². The number of esters is 1. The van der Waals surface area contributed by atoms with Gasteiger partial charge in [0, 0.05) is 17.2 Å². The maximum atomic E-state index is 12.3. The normalized spacial score (nSPS) is 10.6. The average Bonchev–Trinajstić information content (AvgIpc) is 2.76. The maximum absolute atomic E-state index is 12.3. The second-order valence-corrected chi connectivity index (χ2v) is 6.42. The Morgan fingerprint density at radius 1 is 1.10 bits per heavy atom.